The van der Waals surface area contributed by atoms with Crippen LogP contribution in [0.4, 0.5) is 4.39 Å². The SMILES string of the molecule is O=S(=O)(Cc1c(F)cccc1Cl)NCCCN1CCCC1. The molecule has 1 aromatic rings. The fraction of sp³-hybridized carbons (Fsp3) is 0.571. The predicted molar refractivity (Wildman–Crippen MR) is 82.3 cm³/mol. The Hall–Kier alpha value is -0.690. The lowest BCUT2D eigenvalue weighted by Crippen LogP contribution is -2.29. The van der Waals surface area contributed by atoms with E-state index >= 15 is 0 Å². The van der Waals surface area contributed by atoms with Crippen molar-refractivity contribution >= 4 is 21.6 Å². The van der Waals surface area contributed by atoms with Crippen LogP contribution in [0, 0.1) is 5.82 Å². The Labute approximate surface area is 130 Å². The van der Waals surface area contributed by atoms with E-state index in [9.17, 15) is 12.8 Å². The number of nitrogens with one attached hydrogen (secondary N) is 1. The third kappa shape index (κ3) is 5.21. The van der Waals surface area contributed by atoms with Crippen LogP contribution in [0.1, 0.15) is 24.8 Å². The summed E-state index contributed by atoms with van der Waals surface area (Å²) in [6.07, 6.45) is 3.19. The van der Waals surface area contributed by atoms with E-state index in [-0.39, 0.29) is 10.6 Å². The van der Waals surface area contributed by atoms with Crippen LogP contribution in [-0.2, 0) is 15.8 Å². The lowest BCUT2D eigenvalue weighted by molar-refractivity contribution is 0.334. The summed E-state index contributed by atoms with van der Waals surface area (Å²) in [5.74, 6) is -1.02. The first-order chi connectivity index (χ1) is 9.98. The van der Waals surface area contributed by atoms with Gasteiger partial charge in [0.2, 0.25) is 10.0 Å². The minimum absolute atomic E-state index is 0.0196. The maximum absolute atomic E-state index is 13.6. The zero-order valence-electron chi connectivity index (χ0n) is 11.8. The number of hydrogen-bond donors (Lipinski definition) is 1. The average molecular weight is 335 g/mol. The number of halogens is 2. The highest BCUT2D eigenvalue weighted by atomic mass is 35.5. The van der Waals surface area contributed by atoms with E-state index < -0.39 is 21.6 Å². The molecule has 0 atom stereocenters. The van der Waals surface area contributed by atoms with Crippen LogP contribution >= 0.6 is 11.6 Å². The first kappa shape index (κ1) is 16.7. The van der Waals surface area contributed by atoms with Crippen molar-refractivity contribution < 1.29 is 12.8 Å². The molecule has 1 aliphatic heterocycles. The second kappa shape index (κ2) is 7.54. The molecule has 1 aliphatic rings. The van der Waals surface area contributed by atoms with Gasteiger partial charge < -0.3 is 4.90 Å². The molecule has 2 rings (SSSR count). The molecular weight excluding hydrogens is 315 g/mol. The van der Waals surface area contributed by atoms with Gasteiger partial charge in [0.05, 0.1) is 5.75 Å². The molecule has 21 heavy (non-hydrogen) atoms. The van der Waals surface area contributed by atoms with Crippen molar-refractivity contribution in [2.75, 3.05) is 26.2 Å². The predicted octanol–water partition coefficient (Wildman–Crippen LogP) is 2.38. The van der Waals surface area contributed by atoms with Crippen molar-refractivity contribution in [1.29, 1.82) is 0 Å². The normalized spacial score (nSPS) is 16.5. The molecule has 4 nitrogen and oxygen atoms in total. The number of benzene rings is 1. The second-order valence-corrected chi connectivity index (χ2v) is 7.47. The fourth-order valence-electron chi connectivity index (χ4n) is 2.45. The molecular formula is C14H20ClFN2O2S. The molecule has 1 aromatic carbocycles. The molecule has 0 bridgehead atoms. The number of likely N-dealkylation sites (tertiary alicyclic amines) is 1. The zero-order chi connectivity index (χ0) is 15.3. The van der Waals surface area contributed by atoms with Gasteiger partial charge in [-0.1, -0.05) is 17.7 Å². The van der Waals surface area contributed by atoms with Crippen LogP contribution in [0.25, 0.3) is 0 Å². The minimum Gasteiger partial charge on any atom is -0.303 e. The topological polar surface area (TPSA) is 49.4 Å². The van der Waals surface area contributed by atoms with Gasteiger partial charge >= 0.3 is 0 Å². The average Bonchev–Trinajstić information content (AvgIpc) is 2.93. The molecule has 7 heteroatoms. The Kier molecular flexibility index (Phi) is 5.98. The van der Waals surface area contributed by atoms with Gasteiger partial charge in [-0.15, -0.1) is 0 Å². The third-order valence-electron chi connectivity index (χ3n) is 3.57. The van der Waals surface area contributed by atoms with Crippen LogP contribution in [0.3, 0.4) is 0 Å². The molecule has 1 heterocycles. The lowest BCUT2D eigenvalue weighted by Gasteiger charge is -2.14. The van der Waals surface area contributed by atoms with Crippen LogP contribution < -0.4 is 4.72 Å². The monoisotopic (exact) mass is 334 g/mol. The molecule has 0 saturated carbocycles. The van der Waals surface area contributed by atoms with Gasteiger partial charge in [-0.2, -0.15) is 0 Å². The first-order valence-electron chi connectivity index (χ1n) is 7.10. The molecule has 0 amide bonds. The summed E-state index contributed by atoms with van der Waals surface area (Å²) in [6.45, 7) is 3.45. The van der Waals surface area contributed by atoms with Gasteiger partial charge in [0, 0.05) is 17.1 Å². The van der Waals surface area contributed by atoms with Crippen molar-refractivity contribution in [3.8, 4) is 0 Å². The Balaban J connectivity index is 1.81. The van der Waals surface area contributed by atoms with Gasteiger partial charge in [0.15, 0.2) is 0 Å². The van der Waals surface area contributed by atoms with E-state index in [1.807, 2.05) is 0 Å². The van der Waals surface area contributed by atoms with Crippen LogP contribution in [0.5, 0.6) is 0 Å². The molecule has 0 aromatic heterocycles. The quantitative estimate of drug-likeness (QED) is 0.779. The standard InChI is InChI=1S/C14H20ClFN2O2S/c15-13-5-3-6-14(16)12(13)11-21(19,20)17-7-4-10-18-8-1-2-9-18/h3,5-6,17H,1-2,4,7-11H2. The van der Waals surface area contributed by atoms with Gasteiger partial charge in [-0.3, -0.25) is 0 Å². The van der Waals surface area contributed by atoms with Crippen molar-refractivity contribution in [3.63, 3.8) is 0 Å². The second-order valence-electron chi connectivity index (χ2n) is 5.26. The van der Waals surface area contributed by atoms with E-state index in [0.29, 0.717) is 6.54 Å². The molecule has 1 fully saturated rings. The summed E-state index contributed by atoms with van der Waals surface area (Å²) in [5, 5.41) is 0.137. The zero-order valence-corrected chi connectivity index (χ0v) is 13.4. The Morgan fingerprint density at radius 1 is 1.29 bits per heavy atom. The Morgan fingerprint density at radius 3 is 2.67 bits per heavy atom. The highest BCUT2D eigenvalue weighted by Gasteiger charge is 2.17. The minimum atomic E-state index is -3.57. The van der Waals surface area contributed by atoms with Crippen LogP contribution in [0.15, 0.2) is 18.2 Å². The number of nitrogens with zero attached hydrogens (tertiary/aromatic N) is 1. The molecule has 1 N–H and O–H groups in total. The Bertz CT molecular complexity index is 554. The van der Waals surface area contributed by atoms with Crippen molar-refractivity contribution in [1.82, 2.24) is 9.62 Å². The van der Waals surface area contributed by atoms with E-state index in [4.69, 9.17) is 11.6 Å². The number of hydrogen-bond acceptors (Lipinski definition) is 3. The fourth-order valence-corrected chi connectivity index (χ4v) is 3.99. The van der Waals surface area contributed by atoms with Gasteiger partial charge in [-0.25, -0.2) is 17.5 Å². The molecule has 0 unspecified atom stereocenters. The van der Waals surface area contributed by atoms with Gasteiger partial charge in [0.1, 0.15) is 5.82 Å². The lowest BCUT2D eigenvalue weighted by atomic mass is 10.2. The van der Waals surface area contributed by atoms with Crippen LogP contribution in [0.2, 0.25) is 5.02 Å². The van der Waals surface area contributed by atoms with Crippen molar-refractivity contribution in [2.24, 2.45) is 0 Å². The highest BCUT2D eigenvalue weighted by Crippen LogP contribution is 2.20. The Morgan fingerprint density at radius 2 is 2.00 bits per heavy atom. The summed E-state index contributed by atoms with van der Waals surface area (Å²) in [5.41, 5.74) is 0.0196. The van der Waals surface area contributed by atoms with E-state index in [1.54, 1.807) is 0 Å². The highest BCUT2D eigenvalue weighted by molar-refractivity contribution is 7.88. The maximum Gasteiger partial charge on any atom is 0.215 e. The number of sulfonamides is 1. The van der Waals surface area contributed by atoms with E-state index in [0.717, 1.165) is 26.1 Å². The summed E-state index contributed by atoms with van der Waals surface area (Å²) in [6, 6.07) is 4.16. The summed E-state index contributed by atoms with van der Waals surface area (Å²) in [4.78, 5) is 2.32. The summed E-state index contributed by atoms with van der Waals surface area (Å²) in [7, 11) is -3.57. The smallest absolute Gasteiger partial charge is 0.215 e. The molecule has 0 aliphatic carbocycles. The van der Waals surface area contributed by atoms with Crippen molar-refractivity contribution in [3.05, 3.63) is 34.6 Å². The molecule has 1 saturated heterocycles. The van der Waals surface area contributed by atoms with Gasteiger partial charge in [-0.05, 0) is 51.0 Å². The number of rotatable bonds is 7. The first-order valence-corrected chi connectivity index (χ1v) is 9.13. The molecule has 0 spiro atoms. The maximum atomic E-state index is 13.6. The summed E-state index contributed by atoms with van der Waals surface area (Å²) < 4.78 is 40.0. The third-order valence-corrected chi connectivity index (χ3v) is 5.23. The van der Waals surface area contributed by atoms with E-state index in [2.05, 4.69) is 9.62 Å². The van der Waals surface area contributed by atoms with E-state index in [1.165, 1.54) is 31.0 Å². The molecule has 118 valence electrons. The van der Waals surface area contributed by atoms with Crippen LogP contribution in [-0.4, -0.2) is 39.5 Å². The molecule has 0 radical (unpaired) electrons. The van der Waals surface area contributed by atoms with Gasteiger partial charge in [0.25, 0.3) is 0 Å². The summed E-state index contributed by atoms with van der Waals surface area (Å²) >= 11 is 5.84. The van der Waals surface area contributed by atoms with Crippen molar-refractivity contribution in [2.45, 2.75) is 25.0 Å². The largest absolute Gasteiger partial charge is 0.303 e.